The molecular weight excluding hydrogens is 338 g/mol. The maximum absolute atomic E-state index is 12.9. The van der Waals surface area contributed by atoms with E-state index in [4.69, 9.17) is 18.5 Å². The second kappa shape index (κ2) is 5.91. The van der Waals surface area contributed by atoms with E-state index >= 15 is 0 Å². The number of carbonyl (C=O) groups excluding carboxylic acids is 1. The zero-order valence-electron chi connectivity index (χ0n) is 13.8. The van der Waals surface area contributed by atoms with Crippen molar-refractivity contribution in [1.82, 2.24) is 15.2 Å². The molecule has 0 aliphatic carbocycles. The Bertz CT molecular complexity index is 950. The van der Waals surface area contributed by atoms with Crippen molar-refractivity contribution in [2.45, 2.75) is 18.9 Å². The van der Waals surface area contributed by atoms with E-state index in [1.807, 2.05) is 18.2 Å². The third-order valence-corrected chi connectivity index (χ3v) is 4.70. The molecule has 8 heteroatoms. The van der Waals surface area contributed by atoms with Crippen LogP contribution in [0.3, 0.4) is 0 Å². The average molecular weight is 353 g/mol. The van der Waals surface area contributed by atoms with Crippen LogP contribution in [0.25, 0.3) is 11.3 Å². The molecule has 2 aromatic heterocycles. The van der Waals surface area contributed by atoms with Gasteiger partial charge in [0.15, 0.2) is 23.0 Å². The summed E-state index contributed by atoms with van der Waals surface area (Å²) < 4.78 is 21.0. The lowest BCUT2D eigenvalue weighted by atomic mass is 10.1. The number of amides is 1. The molecular formula is C18H15N3O5. The van der Waals surface area contributed by atoms with E-state index in [0.717, 1.165) is 24.1 Å². The number of ether oxygens (including phenoxy) is 2. The minimum Gasteiger partial charge on any atom is -0.454 e. The van der Waals surface area contributed by atoms with E-state index in [2.05, 4.69) is 10.3 Å². The van der Waals surface area contributed by atoms with E-state index in [1.165, 1.54) is 6.26 Å². The molecule has 0 unspecified atom stereocenters. The zero-order chi connectivity index (χ0) is 17.5. The van der Waals surface area contributed by atoms with E-state index in [0.29, 0.717) is 23.8 Å². The van der Waals surface area contributed by atoms with Crippen molar-refractivity contribution in [3.8, 4) is 22.8 Å². The molecule has 0 saturated carbocycles. The predicted molar refractivity (Wildman–Crippen MR) is 87.6 cm³/mol. The minimum absolute atomic E-state index is 0.0908. The Kier molecular flexibility index (Phi) is 3.41. The van der Waals surface area contributed by atoms with E-state index in [-0.39, 0.29) is 24.4 Å². The fourth-order valence-electron chi connectivity index (χ4n) is 3.42. The summed E-state index contributed by atoms with van der Waals surface area (Å²) in [6.07, 6.45) is 3.28. The largest absolute Gasteiger partial charge is 0.454 e. The maximum atomic E-state index is 12.9. The van der Waals surface area contributed by atoms with Crippen molar-refractivity contribution in [3.63, 3.8) is 0 Å². The van der Waals surface area contributed by atoms with Crippen LogP contribution in [0, 0.1) is 0 Å². The van der Waals surface area contributed by atoms with Gasteiger partial charge in [0.05, 0.1) is 6.04 Å². The molecule has 132 valence electrons. The summed E-state index contributed by atoms with van der Waals surface area (Å²) in [6.45, 7) is 0.861. The molecule has 2 aliphatic heterocycles. The Hall–Kier alpha value is -3.29. The standard InChI is InChI=1S/C18H15N3O5/c22-18(21-6-1-2-14(21)12-5-7-25-19-12)13-9-16(26-20-13)11-3-4-15-17(8-11)24-10-23-15/h3-5,7-9,14H,1-2,6,10H2/t14-/m0/s1. The average Bonchev–Trinajstić information content (AvgIpc) is 3.47. The summed E-state index contributed by atoms with van der Waals surface area (Å²) in [5.41, 5.74) is 1.80. The van der Waals surface area contributed by atoms with Gasteiger partial charge in [0.2, 0.25) is 6.79 Å². The number of benzene rings is 1. The van der Waals surface area contributed by atoms with Crippen LogP contribution >= 0.6 is 0 Å². The van der Waals surface area contributed by atoms with Crippen LogP contribution in [0.2, 0.25) is 0 Å². The van der Waals surface area contributed by atoms with Gasteiger partial charge >= 0.3 is 0 Å². The van der Waals surface area contributed by atoms with Crippen molar-refractivity contribution >= 4 is 5.91 Å². The molecule has 8 nitrogen and oxygen atoms in total. The van der Waals surface area contributed by atoms with Gasteiger partial charge in [-0.1, -0.05) is 10.3 Å². The highest BCUT2D eigenvalue weighted by Crippen LogP contribution is 2.37. The first-order valence-corrected chi connectivity index (χ1v) is 8.37. The summed E-state index contributed by atoms with van der Waals surface area (Å²) in [5.74, 6) is 1.67. The minimum atomic E-state index is -0.175. The zero-order valence-corrected chi connectivity index (χ0v) is 13.8. The van der Waals surface area contributed by atoms with Gasteiger partial charge in [0.1, 0.15) is 12.0 Å². The molecule has 3 aromatic rings. The molecule has 1 aromatic carbocycles. The third kappa shape index (κ3) is 2.42. The summed E-state index contributed by atoms with van der Waals surface area (Å²) in [6, 6.07) is 8.81. The van der Waals surface area contributed by atoms with Crippen molar-refractivity contribution < 1.29 is 23.3 Å². The topological polar surface area (TPSA) is 90.8 Å². The number of nitrogens with zero attached hydrogens (tertiary/aromatic N) is 3. The molecule has 1 fully saturated rings. The van der Waals surface area contributed by atoms with Crippen LogP contribution in [-0.4, -0.2) is 34.5 Å². The summed E-state index contributed by atoms with van der Waals surface area (Å²) in [7, 11) is 0. The van der Waals surface area contributed by atoms with Crippen molar-refractivity contribution in [2.75, 3.05) is 13.3 Å². The Labute approximate surface area is 148 Å². The van der Waals surface area contributed by atoms with Crippen molar-refractivity contribution in [3.05, 3.63) is 48.0 Å². The molecule has 1 saturated heterocycles. The fraction of sp³-hybridized carbons (Fsp3) is 0.278. The SMILES string of the molecule is O=C(c1cc(-c2ccc3c(c2)OCO3)on1)N1CCC[C@H]1c1ccon1. The Morgan fingerprint density at radius 2 is 2.04 bits per heavy atom. The lowest BCUT2D eigenvalue weighted by Crippen LogP contribution is -2.30. The Balaban J connectivity index is 1.40. The highest BCUT2D eigenvalue weighted by atomic mass is 16.7. The maximum Gasteiger partial charge on any atom is 0.276 e. The van der Waals surface area contributed by atoms with E-state index < -0.39 is 0 Å². The van der Waals surface area contributed by atoms with Gasteiger partial charge < -0.3 is 23.4 Å². The number of likely N-dealkylation sites (tertiary alicyclic amines) is 1. The normalized spacial score (nSPS) is 18.5. The number of fused-ring (bicyclic) bond motifs is 1. The molecule has 1 atom stereocenters. The lowest BCUT2D eigenvalue weighted by Gasteiger charge is -2.21. The third-order valence-electron chi connectivity index (χ3n) is 4.70. The smallest absolute Gasteiger partial charge is 0.276 e. The van der Waals surface area contributed by atoms with Crippen LogP contribution in [0.1, 0.15) is 35.1 Å². The monoisotopic (exact) mass is 353 g/mol. The molecule has 0 N–H and O–H groups in total. The fourth-order valence-corrected chi connectivity index (χ4v) is 3.42. The number of carbonyl (C=O) groups is 1. The van der Waals surface area contributed by atoms with Gasteiger partial charge in [-0.05, 0) is 31.0 Å². The number of hydrogen-bond donors (Lipinski definition) is 0. The van der Waals surface area contributed by atoms with Crippen LogP contribution in [0.15, 0.2) is 45.6 Å². The van der Waals surface area contributed by atoms with Crippen LogP contribution < -0.4 is 9.47 Å². The summed E-state index contributed by atoms with van der Waals surface area (Å²) in [4.78, 5) is 14.6. The Morgan fingerprint density at radius 1 is 1.12 bits per heavy atom. The van der Waals surface area contributed by atoms with Crippen LogP contribution in [-0.2, 0) is 0 Å². The molecule has 0 radical (unpaired) electrons. The molecule has 2 aliphatic rings. The van der Waals surface area contributed by atoms with Gasteiger partial charge in [-0.15, -0.1) is 0 Å². The predicted octanol–water partition coefficient (Wildman–Crippen LogP) is 3.04. The van der Waals surface area contributed by atoms with Gasteiger partial charge in [-0.3, -0.25) is 4.79 Å². The number of rotatable bonds is 3. The van der Waals surface area contributed by atoms with E-state index in [9.17, 15) is 4.79 Å². The van der Waals surface area contributed by atoms with Gasteiger partial charge in [-0.2, -0.15) is 0 Å². The first kappa shape index (κ1) is 15.0. The molecule has 4 heterocycles. The quantitative estimate of drug-likeness (QED) is 0.715. The van der Waals surface area contributed by atoms with Crippen LogP contribution in [0.5, 0.6) is 11.5 Å². The second-order valence-electron chi connectivity index (χ2n) is 6.23. The molecule has 26 heavy (non-hydrogen) atoms. The molecule has 1 amide bonds. The highest BCUT2D eigenvalue weighted by molar-refractivity contribution is 5.93. The van der Waals surface area contributed by atoms with E-state index in [1.54, 1.807) is 17.0 Å². The Morgan fingerprint density at radius 3 is 2.92 bits per heavy atom. The van der Waals surface area contributed by atoms with Crippen molar-refractivity contribution in [1.29, 1.82) is 0 Å². The molecule has 0 bridgehead atoms. The summed E-state index contributed by atoms with van der Waals surface area (Å²) in [5, 5.41) is 7.94. The van der Waals surface area contributed by atoms with Gasteiger partial charge in [0, 0.05) is 24.2 Å². The first-order chi connectivity index (χ1) is 12.8. The first-order valence-electron chi connectivity index (χ1n) is 8.37. The summed E-state index contributed by atoms with van der Waals surface area (Å²) >= 11 is 0. The second-order valence-corrected chi connectivity index (χ2v) is 6.23. The van der Waals surface area contributed by atoms with Crippen LogP contribution in [0.4, 0.5) is 0 Å². The lowest BCUT2D eigenvalue weighted by molar-refractivity contribution is 0.0720. The van der Waals surface area contributed by atoms with Crippen molar-refractivity contribution in [2.24, 2.45) is 0 Å². The van der Waals surface area contributed by atoms with Gasteiger partial charge in [-0.25, -0.2) is 0 Å². The number of hydrogen-bond acceptors (Lipinski definition) is 7. The highest BCUT2D eigenvalue weighted by Gasteiger charge is 2.33. The molecule has 5 rings (SSSR count). The van der Waals surface area contributed by atoms with Gasteiger partial charge in [0.25, 0.3) is 5.91 Å². The molecule has 0 spiro atoms. The number of aromatic nitrogens is 2.